The minimum absolute atomic E-state index is 0.000947. The number of ketones is 2. The summed E-state index contributed by atoms with van der Waals surface area (Å²) in [6.07, 6.45) is 0. The van der Waals surface area contributed by atoms with Gasteiger partial charge in [-0.2, -0.15) is 0 Å². The second kappa shape index (κ2) is 8.13. The van der Waals surface area contributed by atoms with Crippen LogP contribution < -0.4 is 27.8 Å². The van der Waals surface area contributed by atoms with Crippen LogP contribution in [0.1, 0.15) is 31.8 Å². The Labute approximate surface area is 177 Å². The molecular formula is C21H22N6O2S. The Kier molecular flexibility index (Phi) is 5.39. The van der Waals surface area contributed by atoms with Crippen LogP contribution in [0.2, 0.25) is 0 Å². The molecule has 8 N–H and O–H groups in total. The van der Waals surface area contributed by atoms with Gasteiger partial charge >= 0.3 is 0 Å². The second-order valence-corrected chi connectivity index (χ2v) is 7.73. The third kappa shape index (κ3) is 3.27. The Bertz CT molecular complexity index is 1180. The third-order valence-corrected chi connectivity index (χ3v) is 5.87. The normalized spacial score (nSPS) is 12.4. The van der Waals surface area contributed by atoms with Gasteiger partial charge in [-0.1, -0.05) is 24.3 Å². The first-order chi connectivity index (χ1) is 14.5. The van der Waals surface area contributed by atoms with Crippen LogP contribution in [0.15, 0.2) is 40.7 Å². The van der Waals surface area contributed by atoms with Crippen LogP contribution in [-0.4, -0.2) is 43.7 Å². The highest BCUT2D eigenvalue weighted by Crippen LogP contribution is 2.45. The minimum atomic E-state index is -0.187. The maximum absolute atomic E-state index is 13.5. The topological polar surface area (TPSA) is 149 Å². The van der Waals surface area contributed by atoms with Gasteiger partial charge in [0, 0.05) is 36.1 Å². The quantitative estimate of drug-likeness (QED) is 0.132. The largest absolute Gasteiger partial charge is 0.382 e. The van der Waals surface area contributed by atoms with Gasteiger partial charge in [-0.15, -0.1) is 11.3 Å². The number of guanidine groups is 1. The van der Waals surface area contributed by atoms with E-state index in [2.05, 4.69) is 15.6 Å². The number of nitrogens with two attached hydrogens (primary N) is 3. The number of thiophene rings is 1. The molecule has 1 heterocycles. The van der Waals surface area contributed by atoms with E-state index in [1.807, 2.05) is 11.4 Å². The van der Waals surface area contributed by atoms with Gasteiger partial charge in [0.2, 0.25) is 0 Å². The van der Waals surface area contributed by atoms with E-state index in [4.69, 9.17) is 17.2 Å². The van der Waals surface area contributed by atoms with Crippen molar-refractivity contribution in [1.82, 2.24) is 0 Å². The average Bonchev–Trinajstić information content (AvgIpc) is 3.23. The summed E-state index contributed by atoms with van der Waals surface area (Å²) in [5.74, 6) is -0.364. The molecule has 154 valence electrons. The Morgan fingerprint density at radius 2 is 1.57 bits per heavy atom. The summed E-state index contributed by atoms with van der Waals surface area (Å²) in [4.78, 5) is 31.0. The molecule has 0 atom stereocenters. The van der Waals surface area contributed by atoms with Gasteiger partial charge in [0.15, 0.2) is 17.5 Å². The van der Waals surface area contributed by atoms with E-state index in [0.717, 1.165) is 10.1 Å². The number of fused-ring (bicyclic) bond motifs is 3. The molecule has 0 saturated heterocycles. The summed E-state index contributed by atoms with van der Waals surface area (Å²) in [6, 6.07) is 8.84. The first-order valence-electron chi connectivity index (χ1n) is 9.53. The van der Waals surface area contributed by atoms with Gasteiger partial charge in [0.25, 0.3) is 0 Å². The summed E-state index contributed by atoms with van der Waals surface area (Å²) in [6.45, 7) is 1.64. The van der Waals surface area contributed by atoms with Crippen molar-refractivity contribution in [1.29, 1.82) is 0 Å². The van der Waals surface area contributed by atoms with Crippen molar-refractivity contribution in [2.45, 2.75) is 0 Å². The molecule has 0 amide bonds. The molecule has 0 aliphatic heterocycles. The first-order valence-corrected chi connectivity index (χ1v) is 10.4. The predicted octanol–water partition coefficient (Wildman–Crippen LogP) is 1.73. The monoisotopic (exact) mass is 422 g/mol. The van der Waals surface area contributed by atoms with E-state index in [-0.39, 0.29) is 17.5 Å². The number of hydrogen-bond acceptors (Lipinski definition) is 7. The number of anilines is 2. The van der Waals surface area contributed by atoms with Gasteiger partial charge in [0.1, 0.15) is 0 Å². The van der Waals surface area contributed by atoms with Crippen molar-refractivity contribution in [3.05, 3.63) is 58.0 Å². The molecule has 2 aromatic carbocycles. The maximum Gasteiger partial charge on any atom is 0.196 e. The van der Waals surface area contributed by atoms with Crippen LogP contribution in [0.3, 0.4) is 0 Å². The lowest BCUT2D eigenvalue weighted by Gasteiger charge is -2.25. The number of benzene rings is 2. The zero-order chi connectivity index (χ0) is 21.3. The van der Waals surface area contributed by atoms with Gasteiger partial charge in [-0.05, 0) is 11.4 Å². The third-order valence-electron chi connectivity index (χ3n) is 4.94. The number of hydrogen-bond donors (Lipinski definition) is 5. The van der Waals surface area contributed by atoms with E-state index in [1.54, 1.807) is 24.3 Å². The van der Waals surface area contributed by atoms with Crippen LogP contribution in [0.4, 0.5) is 11.4 Å². The van der Waals surface area contributed by atoms with Crippen molar-refractivity contribution in [3.63, 3.8) is 0 Å². The first kappa shape index (κ1) is 19.9. The van der Waals surface area contributed by atoms with Crippen LogP contribution in [0.5, 0.6) is 0 Å². The molecule has 9 heteroatoms. The Balaban J connectivity index is 1.93. The highest BCUT2D eigenvalue weighted by Gasteiger charge is 2.35. The number of aliphatic imine (C=N–C) groups is 1. The van der Waals surface area contributed by atoms with Gasteiger partial charge in [-0.3, -0.25) is 14.6 Å². The van der Waals surface area contributed by atoms with E-state index < -0.39 is 0 Å². The van der Waals surface area contributed by atoms with Crippen molar-refractivity contribution in [3.8, 4) is 0 Å². The fourth-order valence-electron chi connectivity index (χ4n) is 3.72. The summed E-state index contributed by atoms with van der Waals surface area (Å²) < 4.78 is 0.895. The van der Waals surface area contributed by atoms with Crippen LogP contribution in [0, 0.1) is 0 Å². The van der Waals surface area contributed by atoms with E-state index >= 15 is 0 Å². The van der Waals surface area contributed by atoms with Gasteiger partial charge in [0.05, 0.1) is 33.7 Å². The summed E-state index contributed by atoms with van der Waals surface area (Å²) in [5, 5.41) is 9.36. The molecule has 0 saturated carbocycles. The number of carbonyl (C=O) groups excluding carboxylic acids is 2. The fourth-order valence-corrected chi connectivity index (χ4v) is 4.65. The lowest BCUT2D eigenvalue weighted by atomic mass is 9.81. The zero-order valence-corrected chi connectivity index (χ0v) is 17.0. The summed E-state index contributed by atoms with van der Waals surface area (Å²) in [5.41, 5.74) is 19.3. The molecule has 0 fully saturated rings. The van der Waals surface area contributed by atoms with Crippen molar-refractivity contribution >= 4 is 50.3 Å². The average molecular weight is 423 g/mol. The fraction of sp³-hybridized carbons (Fsp3) is 0.190. The molecule has 30 heavy (non-hydrogen) atoms. The highest BCUT2D eigenvalue weighted by atomic mass is 32.1. The minimum Gasteiger partial charge on any atom is -0.382 e. The van der Waals surface area contributed by atoms with Crippen LogP contribution in [0.25, 0.3) is 10.1 Å². The highest BCUT2D eigenvalue weighted by molar-refractivity contribution is 7.18. The Hall–Kier alpha value is -3.43. The Morgan fingerprint density at radius 3 is 2.20 bits per heavy atom. The van der Waals surface area contributed by atoms with Crippen LogP contribution >= 0.6 is 11.3 Å². The molecule has 1 aliphatic rings. The molecule has 0 radical (unpaired) electrons. The molecule has 0 unspecified atom stereocenters. The molecular weight excluding hydrogens is 400 g/mol. The standard InChI is InChI=1S/C21H22N6O2S/c22-6-7-25-17-15-14(18(28)11-3-1-2-4-12(11)19(15)29)16(13-5-10-30-20(13)17)26-8-9-27-21(23)24/h1-5,10,25-26H,6-9,22H2,(H4,23,24,27). The molecule has 0 spiro atoms. The molecule has 8 nitrogen and oxygen atoms in total. The SMILES string of the molecule is NCCNc1c2c(c(NCCN=C(N)N)c3ccsc13)C(=O)c1ccccc1C2=O. The molecule has 1 aliphatic carbocycles. The van der Waals surface area contributed by atoms with Gasteiger partial charge in [-0.25, -0.2) is 0 Å². The molecule has 4 rings (SSSR count). The second-order valence-electron chi connectivity index (χ2n) is 6.82. The number of nitrogens with one attached hydrogen (secondary N) is 2. The van der Waals surface area contributed by atoms with Crippen molar-refractivity contribution < 1.29 is 9.59 Å². The summed E-state index contributed by atoms with van der Waals surface area (Å²) >= 11 is 1.51. The Morgan fingerprint density at radius 1 is 0.933 bits per heavy atom. The van der Waals surface area contributed by atoms with Crippen molar-refractivity contribution in [2.24, 2.45) is 22.2 Å². The molecule has 3 aromatic rings. The summed E-state index contributed by atoms with van der Waals surface area (Å²) in [7, 11) is 0. The lowest BCUT2D eigenvalue weighted by Crippen LogP contribution is -2.26. The molecule has 0 bridgehead atoms. The van der Waals surface area contributed by atoms with E-state index in [9.17, 15) is 9.59 Å². The smallest absolute Gasteiger partial charge is 0.196 e. The number of nitrogens with zero attached hydrogens (tertiary/aromatic N) is 1. The maximum atomic E-state index is 13.5. The number of carbonyl (C=O) groups is 2. The molecule has 1 aromatic heterocycles. The van der Waals surface area contributed by atoms with E-state index in [0.29, 0.717) is 59.8 Å². The van der Waals surface area contributed by atoms with Crippen LogP contribution in [-0.2, 0) is 0 Å². The lowest BCUT2D eigenvalue weighted by molar-refractivity contribution is 0.0980. The zero-order valence-electron chi connectivity index (χ0n) is 16.2. The number of rotatable bonds is 7. The van der Waals surface area contributed by atoms with Gasteiger partial charge < -0.3 is 27.8 Å². The van der Waals surface area contributed by atoms with Crippen molar-refractivity contribution in [2.75, 3.05) is 36.8 Å². The van der Waals surface area contributed by atoms with E-state index in [1.165, 1.54) is 11.3 Å². The predicted molar refractivity (Wildman–Crippen MR) is 122 cm³/mol.